The van der Waals surface area contributed by atoms with Crippen molar-refractivity contribution in [3.63, 3.8) is 0 Å². The van der Waals surface area contributed by atoms with Crippen LogP contribution in [0.4, 0.5) is 0 Å². The van der Waals surface area contributed by atoms with Crippen LogP contribution in [0.3, 0.4) is 0 Å². The van der Waals surface area contributed by atoms with E-state index in [9.17, 15) is 14.7 Å². The lowest BCUT2D eigenvalue weighted by Crippen LogP contribution is -2.41. The van der Waals surface area contributed by atoms with E-state index in [0.717, 1.165) is 17.6 Å². The number of imidazole rings is 1. The first-order chi connectivity index (χ1) is 17.7. The lowest BCUT2D eigenvalue weighted by molar-refractivity contribution is -0.143. The summed E-state index contributed by atoms with van der Waals surface area (Å²) in [5.41, 5.74) is 3.36. The third-order valence-corrected chi connectivity index (χ3v) is 5.89. The summed E-state index contributed by atoms with van der Waals surface area (Å²) in [7, 11) is 2.84. The van der Waals surface area contributed by atoms with E-state index in [0.29, 0.717) is 34.7 Å². The normalized spacial score (nSPS) is 14.8. The molecular weight excluding hydrogens is 472 g/mol. The minimum Gasteiger partial charge on any atom is -0.512 e. The quantitative estimate of drug-likeness (QED) is 0.155. The lowest BCUT2D eigenvalue weighted by atomic mass is 10.1. The van der Waals surface area contributed by atoms with Crippen molar-refractivity contribution in [1.29, 1.82) is 0 Å². The van der Waals surface area contributed by atoms with Gasteiger partial charge in [0.2, 0.25) is 5.88 Å². The van der Waals surface area contributed by atoms with E-state index < -0.39 is 17.9 Å². The van der Waals surface area contributed by atoms with E-state index in [1.165, 1.54) is 7.11 Å². The molecule has 0 saturated heterocycles. The van der Waals surface area contributed by atoms with Gasteiger partial charge in [-0.3, -0.25) is 4.79 Å². The molecule has 3 N–H and O–H groups in total. The van der Waals surface area contributed by atoms with Gasteiger partial charge in [0.1, 0.15) is 17.6 Å². The number of aliphatic hydroxyl groups is 1. The summed E-state index contributed by atoms with van der Waals surface area (Å²) in [5.74, 6) is -0.167. The molecule has 0 aliphatic rings. The lowest BCUT2D eigenvalue weighted by Gasteiger charge is -2.15. The molecule has 1 heterocycles. The van der Waals surface area contributed by atoms with Crippen LogP contribution in [0.25, 0.3) is 11.0 Å². The Kier molecular flexibility index (Phi) is 10.9. The van der Waals surface area contributed by atoms with Crippen molar-refractivity contribution >= 4 is 29.1 Å². The predicted octanol–water partition coefficient (Wildman–Crippen LogP) is 5.26. The van der Waals surface area contributed by atoms with Gasteiger partial charge in [-0.25, -0.2) is 14.8 Å². The van der Waals surface area contributed by atoms with Gasteiger partial charge in [-0.1, -0.05) is 32.1 Å². The second kappa shape index (κ2) is 13.8. The summed E-state index contributed by atoms with van der Waals surface area (Å²) < 4.78 is 10.1. The highest BCUT2D eigenvalue weighted by Gasteiger charge is 2.22. The molecule has 9 heteroatoms. The van der Waals surface area contributed by atoms with Gasteiger partial charge in [0.05, 0.1) is 31.2 Å². The van der Waals surface area contributed by atoms with Crippen LogP contribution in [0.15, 0.2) is 70.8 Å². The highest BCUT2D eigenvalue weighted by Crippen LogP contribution is 2.24. The largest absolute Gasteiger partial charge is 0.512 e. The van der Waals surface area contributed by atoms with Gasteiger partial charge < -0.3 is 24.9 Å². The van der Waals surface area contributed by atoms with Crippen molar-refractivity contribution < 1.29 is 24.2 Å². The van der Waals surface area contributed by atoms with Crippen LogP contribution in [0.5, 0.6) is 0 Å². The van der Waals surface area contributed by atoms with Crippen LogP contribution in [0, 0.1) is 0 Å². The molecule has 0 saturated carbocycles. The summed E-state index contributed by atoms with van der Waals surface area (Å²) in [6, 6.07) is 4.33. The standard InChI is InChI=1S/C28H36N4O5/c1-8-10-22(28(35)37-7)32-26(34)20-12-13-21-23(16-20)31-25(30-21)19(5)24(33)14-11-17(3)18(4)27(36-6)29-15-9-2/h9,11-16,19,22,33H,2,8,10H2,1,3-7H3,(H,30,31)(H,32,34)/b17-11+,24-14+,27-18-,29-15-. The van der Waals surface area contributed by atoms with E-state index in [1.807, 2.05) is 27.7 Å². The minimum atomic E-state index is -0.707. The number of aliphatic imine (C=N–C) groups is 1. The van der Waals surface area contributed by atoms with Crippen LogP contribution in [-0.4, -0.2) is 53.4 Å². The van der Waals surface area contributed by atoms with Crippen molar-refractivity contribution in [3.8, 4) is 0 Å². The molecule has 1 aromatic carbocycles. The molecule has 0 bridgehead atoms. The fraction of sp³-hybridized carbons (Fsp3) is 0.357. The van der Waals surface area contributed by atoms with Crippen LogP contribution < -0.4 is 5.32 Å². The van der Waals surface area contributed by atoms with Crippen molar-refractivity contribution in [2.45, 2.75) is 52.5 Å². The van der Waals surface area contributed by atoms with E-state index >= 15 is 0 Å². The van der Waals surface area contributed by atoms with Gasteiger partial charge in [-0.15, -0.1) is 0 Å². The highest BCUT2D eigenvalue weighted by atomic mass is 16.5. The Morgan fingerprint density at radius 3 is 2.59 bits per heavy atom. The number of aliphatic hydroxyl groups excluding tert-OH is 1. The number of nitrogens with one attached hydrogen (secondary N) is 2. The fourth-order valence-corrected chi connectivity index (χ4v) is 3.51. The number of fused-ring (bicyclic) bond motifs is 1. The number of carbonyl (C=O) groups excluding carboxylic acids is 2. The van der Waals surface area contributed by atoms with Crippen molar-refractivity contribution in [3.05, 3.63) is 77.2 Å². The predicted molar refractivity (Wildman–Crippen MR) is 146 cm³/mol. The number of benzene rings is 1. The minimum absolute atomic E-state index is 0.109. The van der Waals surface area contributed by atoms with Crippen molar-refractivity contribution in [2.24, 2.45) is 4.99 Å². The molecule has 0 fully saturated rings. The molecule has 0 aliphatic carbocycles. The molecule has 0 aliphatic heterocycles. The summed E-state index contributed by atoms with van der Waals surface area (Å²) in [5, 5.41) is 13.4. The number of aromatic amines is 1. The molecule has 0 radical (unpaired) electrons. The smallest absolute Gasteiger partial charge is 0.328 e. The SMILES string of the molecule is C=C\C=N/C(OC)=C(C)/C(C)=C/C=C(/O)C(C)c1nc2ccc(C(=O)NC(CCC)C(=O)OC)cc2[nH]1. The number of esters is 1. The number of amides is 1. The third kappa shape index (κ3) is 7.67. The van der Waals surface area contributed by atoms with Gasteiger partial charge in [0.25, 0.3) is 5.91 Å². The summed E-state index contributed by atoms with van der Waals surface area (Å²) in [6.07, 6.45) is 7.70. The van der Waals surface area contributed by atoms with Crippen molar-refractivity contribution in [1.82, 2.24) is 15.3 Å². The fourth-order valence-electron chi connectivity index (χ4n) is 3.51. The zero-order chi connectivity index (χ0) is 27.5. The van der Waals surface area contributed by atoms with Gasteiger partial charge in [0.15, 0.2) is 0 Å². The molecule has 2 unspecified atom stereocenters. The number of ether oxygens (including phenoxy) is 2. The Labute approximate surface area is 217 Å². The Bertz CT molecular complexity index is 1250. The molecule has 1 aromatic heterocycles. The molecule has 2 atom stereocenters. The topological polar surface area (TPSA) is 126 Å². The van der Waals surface area contributed by atoms with Gasteiger partial charge >= 0.3 is 5.97 Å². The summed E-state index contributed by atoms with van der Waals surface area (Å²) in [4.78, 5) is 36.6. The number of aromatic nitrogens is 2. The van der Waals surface area contributed by atoms with Gasteiger partial charge in [-0.2, -0.15) is 0 Å². The van der Waals surface area contributed by atoms with Crippen LogP contribution in [-0.2, 0) is 14.3 Å². The molecular formula is C28H36N4O5. The number of rotatable bonds is 12. The zero-order valence-corrected chi connectivity index (χ0v) is 22.3. The molecule has 2 aromatic rings. The first-order valence-electron chi connectivity index (χ1n) is 12.0. The summed E-state index contributed by atoms with van der Waals surface area (Å²) in [6.45, 7) is 11.1. The Balaban J connectivity index is 2.25. The maximum Gasteiger partial charge on any atom is 0.328 e. The van der Waals surface area contributed by atoms with E-state index in [4.69, 9.17) is 9.47 Å². The number of carbonyl (C=O) groups is 2. The summed E-state index contributed by atoms with van der Waals surface area (Å²) >= 11 is 0. The number of H-pyrrole nitrogens is 1. The molecule has 198 valence electrons. The number of hydrogen-bond acceptors (Lipinski definition) is 7. The van der Waals surface area contributed by atoms with Crippen LogP contribution >= 0.6 is 0 Å². The number of allylic oxidation sites excluding steroid dienone is 6. The average Bonchev–Trinajstić information content (AvgIpc) is 3.34. The van der Waals surface area contributed by atoms with E-state index in [-0.39, 0.29) is 11.7 Å². The second-order valence-electron chi connectivity index (χ2n) is 8.50. The average molecular weight is 509 g/mol. The number of hydrogen-bond donors (Lipinski definition) is 3. The zero-order valence-electron chi connectivity index (χ0n) is 22.3. The first kappa shape index (κ1) is 29.1. The Hall–Kier alpha value is -4.14. The molecule has 2 rings (SSSR count). The van der Waals surface area contributed by atoms with Gasteiger partial charge in [-0.05, 0) is 57.0 Å². The molecule has 1 amide bonds. The van der Waals surface area contributed by atoms with E-state index in [2.05, 4.69) is 26.9 Å². The number of nitrogens with zero attached hydrogens (tertiary/aromatic N) is 2. The first-order valence-corrected chi connectivity index (χ1v) is 12.0. The molecule has 0 spiro atoms. The Morgan fingerprint density at radius 1 is 1.24 bits per heavy atom. The van der Waals surface area contributed by atoms with Gasteiger partial charge in [0, 0.05) is 17.4 Å². The third-order valence-electron chi connectivity index (χ3n) is 5.89. The number of methoxy groups -OCH3 is 2. The van der Waals surface area contributed by atoms with Crippen molar-refractivity contribution in [2.75, 3.05) is 14.2 Å². The monoisotopic (exact) mass is 508 g/mol. The van der Waals surface area contributed by atoms with E-state index in [1.54, 1.807) is 49.8 Å². The molecule has 9 nitrogen and oxygen atoms in total. The van der Waals surface area contributed by atoms with Crippen LogP contribution in [0.2, 0.25) is 0 Å². The Morgan fingerprint density at radius 2 is 1.97 bits per heavy atom. The maximum absolute atomic E-state index is 12.7. The highest BCUT2D eigenvalue weighted by molar-refractivity contribution is 5.99. The second-order valence-corrected chi connectivity index (χ2v) is 8.50. The molecule has 37 heavy (non-hydrogen) atoms. The maximum atomic E-state index is 12.7. The van der Waals surface area contributed by atoms with Crippen LogP contribution in [0.1, 0.15) is 62.6 Å².